The van der Waals surface area contributed by atoms with Crippen LogP contribution in [0.5, 0.6) is 0 Å². The minimum absolute atomic E-state index is 0.0771. The van der Waals surface area contributed by atoms with Crippen LogP contribution in [0.1, 0.15) is 43.0 Å². The van der Waals surface area contributed by atoms with E-state index in [2.05, 4.69) is 15.4 Å². The number of amides is 2. The maximum Gasteiger partial charge on any atom is 0.329 e. The van der Waals surface area contributed by atoms with Crippen LogP contribution < -0.4 is 16.4 Å². The third-order valence-electron chi connectivity index (χ3n) is 4.69. The summed E-state index contributed by atoms with van der Waals surface area (Å²) in [5, 5.41) is 5.47. The summed E-state index contributed by atoms with van der Waals surface area (Å²) in [5.41, 5.74) is 9.61. The fraction of sp³-hybridized carbons (Fsp3) is 0.273. The highest BCUT2D eigenvalue weighted by atomic mass is 32.1. The molecule has 1 aliphatic carbocycles. The quantitative estimate of drug-likeness (QED) is 0.532. The van der Waals surface area contributed by atoms with E-state index in [4.69, 9.17) is 5.73 Å². The van der Waals surface area contributed by atoms with Crippen molar-refractivity contribution < 1.29 is 19.1 Å². The monoisotopic (exact) mass is 426 g/mol. The van der Waals surface area contributed by atoms with Gasteiger partial charge in [-0.05, 0) is 40.8 Å². The molecule has 0 bridgehead atoms. The van der Waals surface area contributed by atoms with Gasteiger partial charge < -0.3 is 21.1 Å². The normalized spacial score (nSPS) is 13.2. The highest BCUT2D eigenvalue weighted by molar-refractivity contribution is 7.16. The van der Waals surface area contributed by atoms with Crippen molar-refractivity contribution in [1.29, 1.82) is 0 Å². The number of hydrogen-bond donors (Lipinski definition) is 3. The van der Waals surface area contributed by atoms with Crippen LogP contribution in [0.3, 0.4) is 0 Å². The molecule has 30 heavy (non-hydrogen) atoms. The number of methoxy groups -OCH3 is 1. The zero-order chi connectivity index (χ0) is 21.7. The average Bonchev–Trinajstić information content (AvgIpc) is 3.53. The molecule has 1 heterocycles. The van der Waals surface area contributed by atoms with Gasteiger partial charge in [-0.2, -0.15) is 0 Å². The van der Waals surface area contributed by atoms with Crippen molar-refractivity contribution >= 4 is 34.7 Å². The minimum Gasteiger partial charge on any atom is -0.467 e. The summed E-state index contributed by atoms with van der Waals surface area (Å²) in [7, 11) is 1.23. The van der Waals surface area contributed by atoms with E-state index >= 15 is 0 Å². The first kappa shape index (κ1) is 21.7. The summed E-state index contributed by atoms with van der Waals surface area (Å²) < 4.78 is 4.64. The molecule has 0 spiro atoms. The van der Waals surface area contributed by atoms with Crippen molar-refractivity contribution in [2.24, 2.45) is 5.73 Å². The Balaban J connectivity index is 1.67. The van der Waals surface area contributed by atoms with Gasteiger partial charge in [0.25, 0.3) is 11.8 Å². The van der Waals surface area contributed by atoms with E-state index < -0.39 is 17.9 Å². The van der Waals surface area contributed by atoms with Gasteiger partial charge in [0.1, 0.15) is 6.04 Å². The van der Waals surface area contributed by atoms with Crippen LogP contribution >= 0.6 is 11.3 Å². The van der Waals surface area contributed by atoms with Crippen LogP contribution in [0.2, 0.25) is 0 Å². The number of ether oxygens (including phenoxy) is 1. The van der Waals surface area contributed by atoms with Crippen LogP contribution in [-0.2, 0) is 22.5 Å². The molecule has 2 amide bonds. The highest BCUT2D eigenvalue weighted by Gasteiger charge is 2.24. The first-order valence-electron chi connectivity index (χ1n) is 9.60. The van der Waals surface area contributed by atoms with E-state index in [1.807, 2.05) is 43.7 Å². The number of allylic oxidation sites excluding steroid dienone is 2. The zero-order valence-corrected chi connectivity index (χ0v) is 17.7. The lowest BCUT2D eigenvalue weighted by molar-refractivity contribution is -0.142. The molecular formula is C22H24N3O4S. The van der Waals surface area contributed by atoms with Gasteiger partial charge in [0.15, 0.2) is 0 Å². The summed E-state index contributed by atoms with van der Waals surface area (Å²) in [6, 6.07) is 8.77. The standard InChI is InChI=1S/C22H24N3O4S/c1-3-14-10-18(30-19(14)21(27)25-17(11-23)22(28)29-2)20(26)24-12-13-5-4-6-16(9-13)15-7-8-15/h4-10,17H,3,11-12,23H2,1-2H3,(H,24,26)(H,25,27)/t17-/m0/s1. The molecule has 1 aromatic heterocycles. The Morgan fingerprint density at radius 1 is 1.20 bits per heavy atom. The topological polar surface area (TPSA) is 111 Å². The third kappa shape index (κ3) is 5.14. The predicted molar refractivity (Wildman–Crippen MR) is 116 cm³/mol. The molecule has 0 unspecified atom stereocenters. The Morgan fingerprint density at radius 2 is 1.97 bits per heavy atom. The molecule has 2 aromatic rings. The molecule has 7 nitrogen and oxygen atoms in total. The number of aryl methyl sites for hydroxylation is 1. The number of carbonyl (C=O) groups excluding carboxylic acids is 3. The van der Waals surface area contributed by atoms with Gasteiger partial charge in [-0.15, -0.1) is 11.3 Å². The molecule has 1 aliphatic rings. The second-order valence-electron chi connectivity index (χ2n) is 6.78. The fourth-order valence-electron chi connectivity index (χ4n) is 2.94. The number of hydrogen-bond acceptors (Lipinski definition) is 6. The van der Waals surface area contributed by atoms with Gasteiger partial charge in [-0.3, -0.25) is 9.59 Å². The molecular weight excluding hydrogens is 402 g/mol. The molecule has 0 aliphatic heterocycles. The minimum atomic E-state index is -0.933. The van der Waals surface area contributed by atoms with E-state index in [9.17, 15) is 14.4 Å². The van der Waals surface area contributed by atoms with Gasteiger partial charge in [0.05, 0.1) is 16.9 Å². The molecule has 0 fully saturated rings. The SMILES string of the molecule is CCc1cc(C(=O)NCc2cccc(C3=C[CH]3)c2)sc1C(=O)N[C@@H](CN)C(=O)OC. The Morgan fingerprint density at radius 3 is 2.60 bits per heavy atom. The van der Waals surface area contributed by atoms with Crippen molar-refractivity contribution in [3.05, 3.63) is 69.3 Å². The molecule has 3 rings (SSSR count). The predicted octanol–water partition coefficient (Wildman–Crippen LogP) is 2.07. The molecule has 0 saturated carbocycles. The van der Waals surface area contributed by atoms with E-state index in [1.54, 1.807) is 6.07 Å². The third-order valence-corrected chi connectivity index (χ3v) is 5.87. The fourth-order valence-corrected chi connectivity index (χ4v) is 4.01. The van der Waals surface area contributed by atoms with Crippen LogP contribution in [0.15, 0.2) is 36.4 Å². The van der Waals surface area contributed by atoms with Gasteiger partial charge >= 0.3 is 5.97 Å². The summed E-state index contributed by atoms with van der Waals surface area (Å²) >= 11 is 1.09. The lowest BCUT2D eigenvalue weighted by Crippen LogP contribution is -2.46. The van der Waals surface area contributed by atoms with Gasteiger partial charge in [-0.1, -0.05) is 31.2 Å². The Bertz CT molecular complexity index is 996. The van der Waals surface area contributed by atoms with Crippen molar-refractivity contribution in [2.75, 3.05) is 13.7 Å². The van der Waals surface area contributed by atoms with Crippen molar-refractivity contribution in [2.45, 2.75) is 25.9 Å². The molecule has 157 valence electrons. The number of nitrogens with one attached hydrogen (secondary N) is 2. The van der Waals surface area contributed by atoms with Crippen molar-refractivity contribution in [1.82, 2.24) is 10.6 Å². The number of nitrogens with two attached hydrogens (primary N) is 1. The molecule has 1 atom stereocenters. The largest absolute Gasteiger partial charge is 0.467 e. The number of carbonyl (C=O) groups is 3. The molecule has 8 heteroatoms. The van der Waals surface area contributed by atoms with Gasteiger partial charge in [-0.25, -0.2) is 4.79 Å². The lowest BCUT2D eigenvalue weighted by atomic mass is 10.1. The maximum absolute atomic E-state index is 12.6. The maximum atomic E-state index is 12.6. The summed E-state index contributed by atoms with van der Waals surface area (Å²) in [6.07, 6.45) is 4.65. The van der Waals surface area contributed by atoms with Crippen molar-refractivity contribution in [3.63, 3.8) is 0 Å². The molecule has 4 N–H and O–H groups in total. The van der Waals surface area contributed by atoms with Gasteiger partial charge in [0.2, 0.25) is 0 Å². The average molecular weight is 427 g/mol. The second kappa shape index (κ2) is 9.69. The highest BCUT2D eigenvalue weighted by Crippen LogP contribution is 2.29. The lowest BCUT2D eigenvalue weighted by Gasteiger charge is -2.14. The first-order chi connectivity index (χ1) is 14.5. The van der Waals surface area contributed by atoms with Crippen LogP contribution in [0.4, 0.5) is 0 Å². The second-order valence-corrected chi connectivity index (χ2v) is 7.83. The summed E-state index contributed by atoms with van der Waals surface area (Å²) in [6.45, 7) is 2.21. The Hall–Kier alpha value is -2.97. The Labute approximate surface area is 179 Å². The zero-order valence-electron chi connectivity index (χ0n) is 16.9. The van der Waals surface area contributed by atoms with Gasteiger partial charge in [0, 0.05) is 19.5 Å². The first-order valence-corrected chi connectivity index (χ1v) is 10.4. The number of rotatable bonds is 9. The molecule has 1 aromatic carbocycles. The van der Waals surface area contributed by atoms with E-state index in [1.165, 1.54) is 12.7 Å². The summed E-state index contributed by atoms with van der Waals surface area (Å²) in [5.74, 6) is -1.31. The molecule has 1 radical (unpaired) electrons. The van der Waals surface area contributed by atoms with E-state index in [-0.39, 0.29) is 12.5 Å². The smallest absolute Gasteiger partial charge is 0.329 e. The number of benzene rings is 1. The Kier molecular flexibility index (Phi) is 7.02. The summed E-state index contributed by atoms with van der Waals surface area (Å²) in [4.78, 5) is 37.8. The van der Waals surface area contributed by atoms with Crippen LogP contribution in [0.25, 0.3) is 5.57 Å². The molecule has 0 saturated heterocycles. The number of thiophene rings is 1. The number of esters is 1. The van der Waals surface area contributed by atoms with Crippen LogP contribution in [-0.4, -0.2) is 37.5 Å². The van der Waals surface area contributed by atoms with E-state index in [0.29, 0.717) is 22.7 Å². The van der Waals surface area contributed by atoms with Crippen LogP contribution in [0, 0.1) is 6.42 Å². The van der Waals surface area contributed by atoms with Crippen molar-refractivity contribution in [3.8, 4) is 0 Å². The van der Waals surface area contributed by atoms with E-state index in [0.717, 1.165) is 28.0 Å².